The van der Waals surface area contributed by atoms with E-state index in [4.69, 9.17) is 19.3 Å². The molecule has 1 N–H and O–H groups in total. The third kappa shape index (κ3) is 5.65. The average molecular weight is 477 g/mol. The van der Waals surface area contributed by atoms with Gasteiger partial charge in [0.25, 0.3) is 0 Å². The van der Waals surface area contributed by atoms with E-state index < -0.39 is 12.6 Å². The van der Waals surface area contributed by atoms with Crippen LogP contribution in [0.25, 0.3) is 10.8 Å². The van der Waals surface area contributed by atoms with E-state index in [1.807, 2.05) is 78.9 Å². The molecule has 0 aliphatic rings. The standard InChI is InChI=1S/C31H24O5/c32-31(33)21-34-30-18-17-28(20-24(30)19-23-9-6-8-22-7-4-5-12-29(22)23)36-27-15-13-26(14-16-27)35-25-10-2-1-3-11-25/h1-18,20H,19,21H2,(H,32,33). The van der Waals surface area contributed by atoms with Gasteiger partial charge in [0.1, 0.15) is 28.7 Å². The summed E-state index contributed by atoms with van der Waals surface area (Å²) in [5.41, 5.74) is 1.96. The zero-order chi connectivity index (χ0) is 24.7. The van der Waals surface area contributed by atoms with Gasteiger partial charge in [0.2, 0.25) is 0 Å². The monoisotopic (exact) mass is 476 g/mol. The maximum Gasteiger partial charge on any atom is 0.341 e. The van der Waals surface area contributed by atoms with Crippen molar-refractivity contribution >= 4 is 16.7 Å². The van der Waals surface area contributed by atoms with Crippen molar-refractivity contribution in [3.63, 3.8) is 0 Å². The Kier molecular flexibility index (Phi) is 6.81. The maximum atomic E-state index is 11.1. The van der Waals surface area contributed by atoms with Crippen LogP contribution in [0.5, 0.6) is 28.7 Å². The maximum absolute atomic E-state index is 11.1. The van der Waals surface area contributed by atoms with Crippen molar-refractivity contribution in [1.82, 2.24) is 0 Å². The molecule has 5 aromatic rings. The fourth-order valence-corrected chi connectivity index (χ4v) is 4.03. The first-order chi connectivity index (χ1) is 17.6. The molecule has 178 valence electrons. The molecule has 5 nitrogen and oxygen atoms in total. The minimum absolute atomic E-state index is 0.411. The lowest BCUT2D eigenvalue weighted by Gasteiger charge is -2.14. The summed E-state index contributed by atoms with van der Waals surface area (Å²) in [5, 5.41) is 11.4. The number of hydrogen-bond acceptors (Lipinski definition) is 4. The van der Waals surface area contributed by atoms with Crippen LogP contribution in [-0.2, 0) is 11.2 Å². The topological polar surface area (TPSA) is 65.0 Å². The second kappa shape index (κ2) is 10.7. The second-order valence-electron chi connectivity index (χ2n) is 8.26. The minimum atomic E-state index is -1.02. The van der Waals surface area contributed by atoms with Gasteiger partial charge >= 0.3 is 5.97 Å². The molecule has 0 aliphatic carbocycles. The number of carbonyl (C=O) groups is 1. The molecule has 0 saturated carbocycles. The molecule has 5 rings (SSSR count). The molecule has 0 amide bonds. The van der Waals surface area contributed by atoms with Crippen molar-refractivity contribution in [3.8, 4) is 28.7 Å². The molecular formula is C31H24O5. The number of ether oxygens (including phenoxy) is 3. The summed E-state index contributed by atoms with van der Waals surface area (Å²) < 4.78 is 17.5. The number of rotatable bonds is 9. The summed E-state index contributed by atoms with van der Waals surface area (Å²) in [6, 6.07) is 36.8. The molecule has 36 heavy (non-hydrogen) atoms. The molecule has 5 aromatic carbocycles. The van der Waals surface area contributed by atoms with Crippen LogP contribution in [0.3, 0.4) is 0 Å². The first-order valence-electron chi connectivity index (χ1n) is 11.6. The van der Waals surface area contributed by atoms with Crippen LogP contribution in [0.1, 0.15) is 11.1 Å². The molecule has 0 fully saturated rings. The Bertz CT molecular complexity index is 1470. The Morgan fingerprint density at radius 1 is 0.611 bits per heavy atom. The highest BCUT2D eigenvalue weighted by Gasteiger charge is 2.12. The number of para-hydroxylation sites is 1. The molecule has 0 aromatic heterocycles. The van der Waals surface area contributed by atoms with Crippen LogP contribution in [0.15, 0.2) is 115 Å². The normalized spacial score (nSPS) is 10.7. The van der Waals surface area contributed by atoms with Crippen molar-refractivity contribution in [2.75, 3.05) is 6.61 Å². The van der Waals surface area contributed by atoms with E-state index in [0.29, 0.717) is 29.4 Å². The Hall–Kier alpha value is -4.77. The molecule has 0 aliphatic heterocycles. The number of benzene rings is 5. The van der Waals surface area contributed by atoms with Crippen LogP contribution < -0.4 is 14.2 Å². The lowest BCUT2D eigenvalue weighted by Crippen LogP contribution is -2.10. The van der Waals surface area contributed by atoms with Gasteiger partial charge in [-0.3, -0.25) is 0 Å². The summed E-state index contributed by atoms with van der Waals surface area (Å²) in [6.45, 7) is -0.411. The van der Waals surface area contributed by atoms with Crippen LogP contribution >= 0.6 is 0 Å². The molecule has 0 bridgehead atoms. The Morgan fingerprint density at radius 2 is 1.22 bits per heavy atom. The summed E-state index contributed by atoms with van der Waals surface area (Å²) in [4.78, 5) is 11.1. The van der Waals surface area contributed by atoms with Gasteiger partial charge in [-0.2, -0.15) is 0 Å². The van der Waals surface area contributed by atoms with Gasteiger partial charge in [-0.05, 0) is 70.9 Å². The van der Waals surface area contributed by atoms with Gasteiger partial charge < -0.3 is 19.3 Å². The molecular weight excluding hydrogens is 452 g/mol. The predicted molar refractivity (Wildman–Crippen MR) is 139 cm³/mol. The van der Waals surface area contributed by atoms with E-state index >= 15 is 0 Å². The number of carboxylic acids is 1. The number of aliphatic carboxylic acids is 1. The SMILES string of the molecule is O=C(O)COc1ccc(Oc2ccc(Oc3ccccc3)cc2)cc1Cc1cccc2ccccc12. The van der Waals surface area contributed by atoms with E-state index in [1.165, 1.54) is 0 Å². The van der Waals surface area contributed by atoms with Crippen LogP contribution in [0, 0.1) is 0 Å². The van der Waals surface area contributed by atoms with Crippen molar-refractivity contribution in [2.24, 2.45) is 0 Å². The van der Waals surface area contributed by atoms with Crippen LogP contribution in [-0.4, -0.2) is 17.7 Å². The lowest BCUT2D eigenvalue weighted by atomic mass is 9.98. The smallest absolute Gasteiger partial charge is 0.341 e. The van der Waals surface area contributed by atoms with E-state index in [0.717, 1.165) is 27.6 Å². The van der Waals surface area contributed by atoms with Gasteiger partial charge in [0.05, 0.1) is 0 Å². The largest absolute Gasteiger partial charge is 0.482 e. The molecule has 0 heterocycles. The lowest BCUT2D eigenvalue weighted by molar-refractivity contribution is -0.139. The molecule has 0 unspecified atom stereocenters. The summed E-state index contributed by atoms with van der Waals surface area (Å²) >= 11 is 0. The molecule has 0 radical (unpaired) electrons. The van der Waals surface area contributed by atoms with E-state index in [9.17, 15) is 4.79 Å². The minimum Gasteiger partial charge on any atom is -0.482 e. The molecule has 0 spiro atoms. The highest BCUT2D eigenvalue weighted by Crippen LogP contribution is 2.32. The molecule has 5 heteroatoms. The van der Waals surface area contributed by atoms with Gasteiger partial charge in [-0.25, -0.2) is 4.79 Å². The van der Waals surface area contributed by atoms with Gasteiger partial charge in [-0.15, -0.1) is 0 Å². The van der Waals surface area contributed by atoms with Gasteiger partial charge in [0, 0.05) is 12.0 Å². The average Bonchev–Trinajstić information content (AvgIpc) is 2.90. The summed E-state index contributed by atoms with van der Waals surface area (Å²) in [7, 11) is 0. The fourth-order valence-electron chi connectivity index (χ4n) is 4.03. The number of fused-ring (bicyclic) bond motifs is 1. The highest BCUT2D eigenvalue weighted by atomic mass is 16.5. The van der Waals surface area contributed by atoms with Crippen molar-refractivity contribution in [1.29, 1.82) is 0 Å². The first-order valence-corrected chi connectivity index (χ1v) is 11.6. The zero-order valence-corrected chi connectivity index (χ0v) is 19.5. The quantitative estimate of drug-likeness (QED) is 0.239. The number of hydrogen-bond donors (Lipinski definition) is 1. The fraction of sp³-hybridized carbons (Fsp3) is 0.0645. The van der Waals surface area contributed by atoms with E-state index in [2.05, 4.69) is 24.3 Å². The Balaban J connectivity index is 1.38. The highest BCUT2D eigenvalue weighted by molar-refractivity contribution is 5.86. The zero-order valence-electron chi connectivity index (χ0n) is 19.5. The van der Waals surface area contributed by atoms with Crippen molar-refractivity contribution < 1.29 is 24.1 Å². The van der Waals surface area contributed by atoms with E-state index in [-0.39, 0.29) is 0 Å². The predicted octanol–water partition coefficient (Wildman–Crippen LogP) is 7.48. The second-order valence-corrected chi connectivity index (χ2v) is 8.26. The van der Waals surface area contributed by atoms with E-state index in [1.54, 1.807) is 12.1 Å². The summed E-state index contributed by atoms with van der Waals surface area (Å²) in [6.07, 6.45) is 0.567. The van der Waals surface area contributed by atoms with Crippen molar-refractivity contribution in [2.45, 2.75) is 6.42 Å². The van der Waals surface area contributed by atoms with Gasteiger partial charge in [0.15, 0.2) is 6.61 Å². The van der Waals surface area contributed by atoms with Crippen LogP contribution in [0.2, 0.25) is 0 Å². The van der Waals surface area contributed by atoms with Crippen LogP contribution in [0.4, 0.5) is 0 Å². The Labute approximate surface area is 209 Å². The van der Waals surface area contributed by atoms with Gasteiger partial charge in [-0.1, -0.05) is 60.7 Å². The third-order valence-corrected chi connectivity index (χ3v) is 5.68. The first kappa shape index (κ1) is 23.0. The Morgan fingerprint density at radius 3 is 1.97 bits per heavy atom. The summed E-state index contributed by atoms with van der Waals surface area (Å²) in [5.74, 6) is 2.26. The molecule has 0 atom stereocenters. The third-order valence-electron chi connectivity index (χ3n) is 5.68. The van der Waals surface area contributed by atoms with Crippen molar-refractivity contribution in [3.05, 3.63) is 126 Å². The number of carboxylic acid groups (broad SMARTS) is 1. The molecule has 0 saturated heterocycles.